The Balaban J connectivity index is 1.44. The van der Waals surface area contributed by atoms with Crippen LogP contribution in [0.4, 0.5) is 10.1 Å². The Kier molecular flexibility index (Phi) is 4.03. The third-order valence-electron chi connectivity index (χ3n) is 4.43. The number of carbonyl (C=O) groups is 1. The second kappa shape index (κ2) is 6.49. The first-order valence-corrected chi connectivity index (χ1v) is 8.10. The third kappa shape index (κ3) is 3.29. The zero-order chi connectivity index (χ0) is 17.2. The predicted molar refractivity (Wildman–Crippen MR) is 93.4 cm³/mol. The summed E-state index contributed by atoms with van der Waals surface area (Å²) in [5, 5.41) is 12.8. The smallest absolute Gasteiger partial charge is 0.241 e. The van der Waals surface area contributed by atoms with Crippen LogP contribution in [0.2, 0.25) is 0 Å². The second-order valence-electron chi connectivity index (χ2n) is 6.10. The van der Waals surface area contributed by atoms with Crippen LogP contribution in [0.15, 0.2) is 54.9 Å². The lowest BCUT2D eigenvalue weighted by molar-refractivity contribution is -0.118. The van der Waals surface area contributed by atoms with Crippen LogP contribution >= 0.6 is 0 Å². The monoisotopic (exact) mass is 336 g/mol. The number of H-pyrrole nitrogens is 1. The molecule has 0 spiro atoms. The Morgan fingerprint density at radius 2 is 1.96 bits per heavy atom. The first kappa shape index (κ1) is 15.5. The van der Waals surface area contributed by atoms with Gasteiger partial charge in [0.25, 0.3) is 0 Å². The van der Waals surface area contributed by atoms with Gasteiger partial charge < -0.3 is 10.6 Å². The van der Waals surface area contributed by atoms with E-state index in [4.69, 9.17) is 0 Å². The topological polar surface area (TPSA) is 69.8 Å². The van der Waals surface area contributed by atoms with Gasteiger partial charge in [0.15, 0.2) is 0 Å². The molecule has 0 unspecified atom stereocenters. The molecular weight excluding hydrogens is 319 g/mol. The highest BCUT2D eigenvalue weighted by molar-refractivity contribution is 5.95. The molecule has 0 aliphatic carbocycles. The molecule has 25 heavy (non-hydrogen) atoms. The first-order chi connectivity index (χ1) is 12.2. The Bertz CT molecular complexity index is 890. The van der Waals surface area contributed by atoms with Crippen molar-refractivity contribution in [3.8, 4) is 11.1 Å². The van der Waals surface area contributed by atoms with Gasteiger partial charge >= 0.3 is 0 Å². The SMILES string of the molecule is O=C(Nc1ccc(-c2cn[nH]c2)cc1)[C@H]1Cc2cc(F)ccc2CN1. The van der Waals surface area contributed by atoms with Gasteiger partial charge in [-0.25, -0.2) is 4.39 Å². The molecule has 1 atom stereocenters. The molecule has 1 aliphatic rings. The van der Waals surface area contributed by atoms with Crippen LogP contribution in [0.3, 0.4) is 0 Å². The van der Waals surface area contributed by atoms with E-state index < -0.39 is 0 Å². The summed E-state index contributed by atoms with van der Waals surface area (Å²) < 4.78 is 13.4. The maximum Gasteiger partial charge on any atom is 0.241 e. The molecule has 3 N–H and O–H groups in total. The molecular formula is C19H17FN4O. The summed E-state index contributed by atoms with van der Waals surface area (Å²) in [5.41, 5.74) is 4.66. The number of carbonyl (C=O) groups excluding carboxylic acids is 1. The fourth-order valence-corrected chi connectivity index (χ4v) is 3.05. The molecule has 6 heteroatoms. The zero-order valence-corrected chi connectivity index (χ0v) is 13.4. The van der Waals surface area contributed by atoms with Gasteiger partial charge in [-0.05, 0) is 47.4 Å². The van der Waals surface area contributed by atoms with Gasteiger partial charge in [-0.2, -0.15) is 5.10 Å². The minimum atomic E-state index is -0.372. The number of hydrogen-bond donors (Lipinski definition) is 3. The lowest BCUT2D eigenvalue weighted by atomic mass is 9.95. The molecule has 0 fully saturated rings. The summed E-state index contributed by atoms with van der Waals surface area (Å²) in [6.45, 7) is 0.563. The van der Waals surface area contributed by atoms with Crippen molar-refractivity contribution in [1.29, 1.82) is 0 Å². The molecule has 5 nitrogen and oxygen atoms in total. The van der Waals surface area contributed by atoms with Crippen molar-refractivity contribution in [2.75, 3.05) is 5.32 Å². The molecule has 0 saturated heterocycles. The normalized spacial score (nSPS) is 16.3. The Hall–Kier alpha value is -2.99. The van der Waals surface area contributed by atoms with Gasteiger partial charge in [0.1, 0.15) is 5.82 Å². The van der Waals surface area contributed by atoms with E-state index in [2.05, 4.69) is 20.8 Å². The fourth-order valence-electron chi connectivity index (χ4n) is 3.05. The van der Waals surface area contributed by atoms with Crippen LogP contribution in [0, 0.1) is 5.82 Å². The highest BCUT2D eigenvalue weighted by Gasteiger charge is 2.24. The van der Waals surface area contributed by atoms with Crippen LogP contribution < -0.4 is 10.6 Å². The molecule has 2 heterocycles. The van der Waals surface area contributed by atoms with E-state index in [0.29, 0.717) is 13.0 Å². The number of rotatable bonds is 3. The number of hydrogen-bond acceptors (Lipinski definition) is 3. The number of fused-ring (bicyclic) bond motifs is 1. The Morgan fingerprint density at radius 3 is 2.72 bits per heavy atom. The predicted octanol–water partition coefficient (Wildman–Crippen LogP) is 2.87. The average molecular weight is 336 g/mol. The maximum atomic E-state index is 13.4. The highest BCUT2D eigenvalue weighted by Crippen LogP contribution is 2.21. The van der Waals surface area contributed by atoms with Crippen LogP contribution in [0.1, 0.15) is 11.1 Å². The summed E-state index contributed by atoms with van der Waals surface area (Å²) in [6, 6.07) is 11.9. The number of aromatic nitrogens is 2. The molecule has 0 saturated carbocycles. The summed E-state index contributed by atoms with van der Waals surface area (Å²) in [7, 11) is 0. The molecule has 4 rings (SSSR count). The number of halogens is 1. The Morgan fingerprint density at radius 1 is 1.12 bits per heavy atom. The lowest BCUT2D eigenvalue weighted by Gasteiger charge is -2.25. The van der Waals surface area contributed by atoms with Crippen LogP contribution in [-0.2, 0) is 17.8 Å². The largest absolute Gasteiger partial charge is 0.325 e. The van der Waals surface area contributed by atoms with Gasteiger partial charge in [0, 0.05) is 24.0 Å². The number of nitrogens with one attached hydrogen (secondary N) is 3. The number of benzene rings is 2. The molecule has 1 aliphatic heterocycles. The Labute approximate surface area is 144 Å². The number of amides is 1. The molecule has 1 amide bonds. The van der Waals surface area contributed by atoms with Crippen LogP contribution in [0.5, 0.6) is 0 Å². The van der Waals surface area contributed by atoms with Crippen molar-refractivity contribution in [3.05, 3.63) is 71.8 Å². The van der Waals surface area contributed by atoms with E-state index in [-0.39, 0.29) is 17.8 Å². The van der Waals surface area contributed by atoms with Gasteiger partial charge in [-0.15, -0.1) is 0 Å². The van der Waals surface area contributed by atoms with Crippen molar-refractivity contribution in [3.63, 3.8) is 0 Å². The summed E-state index contributed by atoms with van der Waals surface area (Å²) in [6.07, 6.45) is 4.04. The molecule has 1 aromatic heterocycles. The van der Waals surface area contributed by atoms with E-state index in [1.54, 1.807) is 12.3 Å². The minimum absolute atomic E-state index is 0.119. The first-order valence-electron chi connectivity index (χ1n) is 8.10. The number of aromatic amines is 1. The van der Waals surface area contributed by atoms with E-state index in [9.17, 15) is 9.18 Å². The fraction of sp³-hybridized carbons (Fsp3) is 0.158. The van der Waals surface area contributed by atoms with Gasteiger partial charge in [0.2, 0.25) is 5.91 Å². The highest BCUT2D eigenvalue weighted by atomic mass is 19.1. The van der Waals surface area contributed by atoms with Crippen molar-refractivity contribution < 1.29 is 9.18 Å². The molecule has 0 radical (unpaired) electrons. The standard InChI is InChI=1S/C19H17FN4O/c20-16-4-1-13-9-21-18(8-14(13)7-16)19(25)24-17-5-2-12(3-6-17)15-10-22-23-11-15/h1-7,10-11,18,21H,8-9H2,(H,22,23)(H,24,25)/t18-/m1/s1. The maximum absolute atomic E-state index is 13.4. The van der Waals surface area contributed by atoms with E-state index >= 15 is 0 Å². The molecule has 2 aromatic carbocycles. The second-order valence-corrected chi connectivity index (χ2v) is 6.10. The van der Waals surface area contributed by atoms with Crippen molar-refractivity contribution in [2.45, 2.75) is 19.0 Å². The van der Waals surface area contributed by atoms with Crippen molar-refractivity contribution in [2.24, 2.45) is 0 Å². The van der Waals surface area contributed by atoms with Crippen LogP contribution in [-0.4, -0.2) is 22.1 Å². The molecule has 126 valence electrons. The van der Waals surface area contributed by atoms with E-state index in [1.165, 1.54) is 12.1 Å². The summed E-state index contributed by atoms with van der Waals surface area (Å²) >= 11 is 0. The minimum Gasteiger partial charge on any atom is -0.325 e. The number of anilines is 1. The zero-order valence-electron chi connectivity index (χ0n) is 13.4. The van der Waals surface area contributed by atoms with Crippen LogP contribution in [0.25, 0.3) is 11.1 Å². The van der Waals surface area contributed by atoms with Gasteiger partial charge in [-0.1, -0.05) is 18.2 Å². The molecule has 0 bridgehead atoms. The van der Waals surface area contributed by atoms with E-state index in [1.807, 2.05) is 30.5 Å². The third-order valence-corrected chi connectivity index (χ3v) is 4.43. The summed E-state index contributed by atoms with van der Waals surface area (Å²) in [4.78, 5) is 12.5. The number of nitrogens with zero attached hydrogens (tertiary/aromatic N) is 1. The van der Waals surface area contributed by atoms with Gasteiger partial charge in [0.05, 0.1) is 12.2 Å². The molecule has 3 aromatic rings. The van der Waals surface area contributed by atoms with Gasteiger partial charge in [-0.3, -0.25) is 9.89 Å². The average Bonchev–Trinajstić information content (AvgIpc) is 3.16. The van der Waals surface area contributed by atoms with Crippen molar-refractivity contribution >= 4 is 11.6 Å². The summed E-state index contributed by atoms with van der Waals surface area (Å²) in [5.74, 6) is -0.388. The van der Waals surface area contributed by atoms with E-state index in [0.717, 1.165) is 27.9 Å². The quantitative estimate of drug-likeness (QED) is 0.689. The lowest BCUT2D eigenvalue weighted by Crippen LogP contribution is -2.44. The van der Waals surface area contributed by atoms with Crippen molar-refractivity contribution in [1.82, 2.24) is 15.5 Å².